The predicted molar refractivity (Wildman–Crippen MR) is 122 cm³/mol. The second-order valence-corrected chi connectivity index (χ2v) is 8.82. The number of carboxylic acids is 1. The van der Waals surface area contributed by atoms with E-state index in [0.717, 1.165) is 33.9 Å². The number of H-pyrrole nitrogens is 1. The number of carboxylic acid groups (broad SMARTS) is 1. The van der Waals surface area contributed by atoms with Crippen LogP contribution in [0, 0.1) is 11.3 Å². The van der Waals surface area contributed by atoms with E-state index >= 15 is 0 Å². The number of aromatic carboxylic acids is 1. The maximum Gasteiger partial charge on any atom is 0.365 e. The highest BCUT2D eigenvalue weighted by molar-refractivity contribution is 7.14. The number of aromatic amines is 1. The van der Waals surface area contributed by atoms with Crippen LogP contribution in [0.15, 0.2) is 30.6 Å². The van der Waals surface area contributed by atoms with Crippen molar-refractivity contribution < 1.29 is 14.6 Å². The molecule has 2 aromatic heterocycles. The number of nitrogens with one attached hydrogen (secondary N) is 2. The Balaban J connectivity index is 0.000000207. The Hall–Kier alpha value is -3.22. The van der Waals surface area contributed by atoms with Gasteiger partial charge in [-0.3, -0.25) is 5.10 Å². The van der Waals surface area contributed by atoms with Crippen LogP contribution in [0.2, 0.25) is 0 Å². The van der Waals surface area contributed by atoms with E-state index in [1.54, 1.807) is 6.20 Å². The molecule has 1 aliphatic carbocycles. The van der Waals surface area contributed by atoms with Crippen LogP contribution in [0.4, 0.5) is 0 Å². The molecule has 0 amide bonds. The highest BCUT2D eigenvalue weighted by Gasteiger charge is 2.23. The van der Waals surface area contributed by atoms with Crippen molar-refractivity contribution >= 4 is 17.3 Å². The summed E-state index contributed by atoms with van der Waals surface area (Å²) in [6.07, 6.45) is 10.2. The first kappa shape index (κ1) is 22.0. The predicted octanol–water partition coefficient (Wildman–Crippen LogP) is 4.27. The van der Waals surface area contributed by atoms with E-state index in [1.165, 1.54) is 37.0 Å². The van der Waals surface area contributed by atoms with E-state index in [9.17, 15) is 4.79 Å². The van der Waals surface area contributed by atoms with Crippen molar-refractivity contribution in [3.63, 3.8) is 0 Å². The molecule has 0 atom stereocenters. The zero-order valence-electron chi connectivity index (χ0n) is 17.6. The van der Waals surface area contributed by atoms with Gasteiger partial charge in [0, 0.05) is 47.6 Å². The number of hydrogen-bond acceptors (Lipinski definition) is 7. The summed E-state index contributed by atoms with van der Waals surface area (Å²) in [5.74, 6) is -0.268. The second-order valence-electron chi connectivity index (χ2n) is 7.74. The minimum atomic E-state index is -0.990. The summed E-state index contributed by atoms with van der Waals surface area (Å²) in [7, 11) is 0. The molecular weight excluding hydrogens is 426 g/mol. The summed E-state index contributed by atoms with van der Waals surface area (Å²) in [5.41, 5.74) is 3.52. The number of hydrogen-bond donors (Lipinski definition) is 3. The third kappa shape index (κ3) is 5.15. The number of fused-ring (bicyclic) bond motifs is 3. The lowest BCUT2D eigenvalue weighted by Crippen LogP contribution is -2.26. The zero-order valence-corrected chi connectivity index (χ0v) is 18.5. The lowest BCUT2D eigenvalue weighted by molar-refractivity contribution is 0.0696. The van der Waals surface area contributed by atoms with E-state index in [1.807, 2.05) is 24.4 Å². The van der Waals surface area contributed by atoms with Gasteiger partial charge >= 0.3 is 5.97 Å². The molecule has 0 unspecified atom stereocenters. The van der Waals surface area contributed by atoms with Crippen LogP contribution in [-0.2, 0) is 6.42 Å². The molecule has 3 heterocycles. The molecule has 3 aromatic rings. The van der Waals surface area contributed by atoms with Crippen LogP contribution in [-0.4, -0.2) is 45.5 Å². The number of aromatic nitrogens is 3. The average Bonchev–Trinajstić information content (AvgIpc) is 3.56. The fourth-order valence-corrected chi connectivity index (χ4v) is 4.86. The number of ether oxygens (including phenoxy) is 1. The second kappa shape index (κ2) is 10.4. The van der Waals surface area contributed by atoms with Crippen LogP contribution in [0.5, 0.6) is 5.75 Å². The number of nitrogens with zero attached hydrogens (tertiary/aromatic N) is 3. The SMILES string of the molecule is N#CCCNC1CCCC1.O=C(O)c1nc2c(s1)CCOc1cc(-c3cn[nH]c3)ccc1-2. The average molecular weight is 452 g/mol. The van der Waals surface area contributed by atoms with E-state index in [4.69, 9.17) is 15.1 Å². The Morgan fingerprint density at radius 1 is 1.34 bits per heavy atom. The zero-order chi connectivity index (χ0) is 22.3. The van der Waals surface area contributed by atoms with E-state index in [-0.39, 0.29) is 5.01 Å². The summed E-state index contributed by atoms with van der Waals surface area (Å²) in [4.78, 5) is 16.3. The smallest absolute Gasteiger partial charge is 0.365 e. The molecular formula is C23H25N5O3S. The Labute approximate surface area is 190 Å². The van der Waals surface area contributed by atoms with Crippen LogP contribution in [0.3, 0.4) is 0 Å². The normalized spacial score (nSPS) is 14.8. The molecule has 9 heteroatoms. The van der Waals surface area contributed by atoms with Gasteiger partial charge < -0.3 is 15.2 Å². The highest BCUT2D eigenvalue weighted by Crippen LogP contribution is 2.39. The topological polar surface area (TPSA) is 124 Å². The first-order valence-corrected chi connectivity index (χ1v) is 11.6. The maximum atomic E-state index is 11.1. The molecule has 0 saturated heterocycles. The molecule has 5 rings (SSSR count). The van der Waals surface area contributed by atoms with Gasteiger partial charge in [0.05, 0.1) is 24.6 Å². The lowest BCUT2D eigenvalue weighted by atomic mass is 10.0. The third-order valence-electron chi connectivity index (χ3n) is 5.56. The molecule has 3 N–H and O–H groups in total. The number of carbonyl (C=O) groups is 1. The highest BCUT2D eigenvalue weighted by atomic mass is 32.1. The molecule has 0 bridgehead atoms. The van der Waals surface area contributed by atoms with Crippen molar-refractivity contribution in [1.82, 2.24) is 20.5 Å². The maximum absolute atomic E-state index is 11.1. The number of thiazole rings is 1. The molecule has 1 aromatic carbocycles. The van der Waals surface area contributed by atoms with Gasteiger partial charge in [0.2, 0.25) is 5.01 Å². The van der Waals surface area contributed by atoms with Crippen molar-refractivity contribution in [2.75, 3.05) is 13.2 Å². The van der Waals surface area contributed by atoms with Gasteiger partial charge in [-0.15, -0.1) is 11.3 Å². The minimum Gasteiger partial charge on any atom is -0.492 e. The molecule has 0 spiro atoms. The van der Waals surface area contributed by atoms with Crippen molar-refractivity contribution in [2.24, 2.45) is 0 Å². The summed E-state index contributed by atoms with van der Waals surface area (Å²) in [6.45, 7) is 1.39. The van der Waals surface area contributed by atoms with Gasteiger partial charge in [-0.1, -0.05) is 18.9 Å². The minimum absolute atomic E-state index is 0.122. The molecule has 0 radical (unpaired) electrons. The number of nitriles is 1. The summed E-state index contributed by atoms with van der Waals surface area (Å²) >= 11 is 1.22. The summed E-state index contributed by atoms with van der Waals surface area (Å²) < 4.78 is 5.82. The molecule has 1 saturated carbocycles. The fourth-order valence-electron chi connectivity index (χ4n) is 3.96. The van der Waals surface area contributed by atoms with Gasteiger partial charge in [0.1, 0.15) is 5.75 Å². The molecule has 8 nitrogen and oxygen atoms in total. The third-order valence-corrected chi connectivity index (χ3v) is 6.66. The summed E-state index contributed by atoms with van der Waals surface area (Å²) in [6, 6.07) is 8.67. The molecule has 166 valence electrons. The number of rotatable bonds is 5. The van der Waals surface area contributed by atoms with E-state index < -0.39 is 5.97 Å². The Morgan fingerprint density at radius 2 is 2.19 bits per heavy atom. The fraction of sp³-hybridized carbons (Fsp3) is 0.391. The van der Waals surface area contributed by atoms with Crippen LogP contribution in [0.25, 0.3) is 22.4 Å². The largest absolute Gasteiger partial charge is 0.492 e. The standard InChI is InChI=1S/C15H11N3O3S.C8H14N2/c19-15(20)14-18-13-10-2-1-8(9-6-16-17-7-9)5-11(10)21-4-3-12(13)22-14;9-6-3-7-10-8-4-1-2-5-8/h1-2,5-7H,3-4H2,(H,16,17)(H,19,20);8,10H,1-5,7H2. The van der Waals surface area contributed by atoms with Crippen molar-refractivity contribution in [3.8, 4) is 34.2 Å². The number of benzene rings is 1. The van der Waals surface area contributed by atoms with Crippen LogP contribution < -0.4 is 10.1 Å². The Kier molecular flexibility index (Phi) is 7.14. The van der Waals surface area contributed by atoms with Gasteiger partial charge in [-0.25, -0.2) is 9.78 Å². The monoisotopic (exact) mass is 451 g/mol. The lowest BCUT2D eigenvalue weighted by Gasteiger charge is -2.08. The molecule has 1 fully saturated rings. The molecule has 1 aliphatic heterocycles. The van der Waals surface area contributed by atoms with Crippen LogP contribution >= 0.6 is 11.3 Å². The quantitative estimate of drug-likeness (QED) is 0.495. The van der Waals surface area contributed by atoms with Crippen molar-refractivity contribution in [3.05, 3.63) is 40.5 Å². The van der Waals surface area contributed by atoms with Gasteiger partial charge in [0.15, 0.2) is 0 Å². The van der Waals surface area contributed by atoms with E-state index in [2.05, 4.69) is 26.6 Å². The van der Waals surface area contributed by atoms with Crippen molar-refractivity contribution in [1.29, 1.82) is 5.26 Å². The van der Waals surface area contributed by atoms with E-state index in [0.29, 0.717) is 31.2 Å². The Morgan fingerprint density at radius 3 is 2.91 bits per heavy atom. The van der Waals surface area contributed by atoms with Gasteiger partial charge in [0.25, 0.3) is 0 Å². The molecule has 32 heavy (non-hydrogen) atoms. The van der Waals surface area contributed by atoms with Crippen LogP contribution in [0.1, 0.15) is 46.8 Å². The Bertz CT molecular complexity index is 1100. The molecule has 2 aliphatic rings. The summed E-state index contributed by atoms with van der Waals surface area (Å²) in [5, 5.41) is 27.6. The first-order valence-electron chi connectivity index (χ1n) is 10.8. The first-order chi connectivity index (χ1) is 15.7. The van der Waals surface area contributed by atoms with Crippen molar-refractivity contribution in [2.45, 2.75) is 44.6 Å². The van der Waals surface area contributed by atoms with Gasteiger partial charge in [-0.2, -0.15) is 10.4 Å². The van der Waals surface area contributed by atoms with Gasteiger partial charge in [-0.05, 0) is 30.5 Å².